The molecule has 2 N–H and O–H groups in total. The molecule has 0 unspecified atom stereocenters. The van der Waals surface area contributed by atoms with Crippen LogP contribution >= 0.6 is 11.8 Å². The van der Waals surface area contributed by atoms with E-state index >= 15 is 0 Å². The monoisotopic (exact) mass is 342 g/mol. The predicted octanol–water partition coefficient (Wildman–Crippen LogP) is 3.28. The lowest BCUT2D eigenvalue weighted by molar-refractivity contribution is -0.122. The number of hydrogen-bond acceptors (Lipinski definition) is 4. The lowest BCUT2D eigenvalue weighted by atomic mass is 10.2. The predicted molar refractivity (Wildman–Crippen MR) is 96.4 cm³/mol. The average Bonchev–Trinajstić information content (AvgIpc) is 2.57. The van der Waals surface area contributed by atoms with E-state index in [2.05, 4.69) is 10.6 Å². The Morgan fingerprint density at radius 1 is 1.25 bits per heavy atom. The van der Waals surface area contributed by atoms with Gasteiger partial charge in [-0.25, -0.2) is 0 Å². The number of carbonyl (C=O) groups is 2. The van der Waals surface area contributed by atoms with Crippen molar-refractivity contribution in [3.63, 3.8) is 0 Å². The molecule has 0 saturated carbocycles. The molecular formula is C18H18N2O3S. The molecule has 2 amide bonds. The third kappa shape index (κ3) is 4.08. The fourth-order valence-corrected chi connectivity index (χ4v) is 3.11. The molecule has 0 saturated heterocycles. The summed E-state index contributed by atoms with van der Waals surface area (Å²) in [6, 6.07) is 15.2. The molecular weight excluding hydrogens is 324 g/mol. The van der Waals surface area contributed by atoms with Crippen LogP contribution in [0.1, 0.15) is 12.5 Å². The standard InChI is InChI=1S/C18H18N2O3S/c1-12-18(22)20-15-9-14(7-8-16(15)23-12)19-17(21)11-24-10-13-5-3-2-4-6-13/h2-9,12H,10-11H2,1H3,(H,19,21)(H,20,22)/t12-/m1/s1. The first-order valence-electron chi connectivity index (χ1n) is 7.65. The van der Waals surface area contributed by atoms with Gasteiger partial charge in [-0.05, 0) is 30.7 Å². The summed E-state index contributed by atoms with van der Waals surface area (Å²) in [7, 11) is 0. The van der Waals surface area contributed by atoms with Gasteiger partial charge in [0, 0.05) is 11.4 Å². The lowest BCUT2D eigenvalue weighted by Crippen LogP contribution is -2.34. The lowest BCUT2D eigenvalue weighted by Gasteiger charge is -2.23. The fourth-order valence-electron chi connectivity index (χ4n) is 2.32. The summed E-state index contributed by atoms with van der Waals surface area (Å²) in [6.07, 6.45) is -0.507. The van der Waals surface area contributed by atoms with Crippen LogP contribution in [-0.4, -0.2) is 23.7 Å². The molecule has 0 radical (unpaired) electrons. The van der Waals surface area contributed by atoms with Gasteiger partial charge in [0.25, 0.3) is 5.91 Å². The van der Waals surface area contributed by atoms with Crippen molar-refractivity contribution in [3.8, 4) is 5.75 Å². The highest BCUT2D eigenvalue weighted by Gasteiger charge is 2.23. The van der Waals surface area contributed by atoms with E-state index < -0.39 is 6.10 Å². The smallest absolute Gasteiger partial charge is 0.265 e. The average molecular weight is 342 g/mol. The van der Waals surface area contributed by atoms with Crippen molar-refractivity contribution in [3.05, 3.63) is 54.1 Å². The van der Waals surface area contributed by atoms with Gasteiger partial charge < -0.3 is 15.4 Å². The summed E-state index contributed by atoms with van der Waals surface area (Å²) < 4.78 is 5.49. The van der Waals surface area contributed by atoms with Crippen LogP contribution in [0.2, 0.25) is 0 Å². The van der Waals surface area contributed by atoms with Crippen LogP contribution < -0.4 is 15.4 Å². The van der Waals surface area contributed by atoms with Crippen molar-refractivity contribution in [1.29, 1.82) is 0 Å². The van der Waals surface area contributed by atoms with E-state index in [9.17, 15) is 9.59 Å². The normalized spacial score (nSPS) is 15.9. The Kier molecular flexibility index (Phi) is 5.05. The maximum absolute atomic E-state index is 12.0. The van der Waals surface area contributed by atoms with E-state index in [1.165, 1.54) is 5.56 Å². The number of thioether (sulfide) groups is 1. The second-order valence-electron chi connectivity index (χ2n) is 5.49. The number of benzene rings is 2. The van der Waals surface area contributed by atoms with Crippen molar-refractivity contribution in [2.75, 3.05) is 16.4 Å². The third-order valence-electron chi connectivity index (χ3n) is 3.54. The number of rotatable bonds is 5. The molecule has 1 aliphatic rings. The van der Waals surface area contributed by atoms with Gasteiger partial charge in [-0.15, -0.1) is 11.8 Å². The molecule has 1 aliphatic heterocycles. The van der Waals surface area contributed by atoms with E-state index in [1.807, 2.05) is 30.3 Å². The molecule has 2 aromatic rings. The molecule has 5 nitrogen and oxygen atoms in total. The minimum Gasteiger partial charge on any atom is -0.479 e. The van der Waals surface area contributed by atoms with Crippen LogP contribution in [0, 0.1) is 0 Å². The summed E-state index contributed by atoms with van der Waals surface area (Å²) in [6.45, 7) is 1.69. The Balaban J connectivity index is 1.53. The van der Waals surface area contributed by atoms with Crippen LogP contribution in [0.4, 0.5) is 11.4 Å². The third-order valence-corrected chi connectivity index (χ3v) is 4.54. The Labute approximate surface area is 144 Å². The number of ether oxygens (including phenoxy) is 1. The van der Waals surface area contributed by atoms with Gasteiger partial charge in [0.15, 0.2) is 6.10 Å². The minimum atomic E-state index is -0.507. The second-order valence-corrected chi connectivity index (χ2v) is 6.47. The number of fused-ring (bicyclic) bond motifs is 1. The summed E-state index contributed by atoms with van der Waals surface area (Å²) in [5.41, 5.74) is 2.41. The van der Waals surface area contributed by atoms with Crippen molar-refractivity contribution in [2.45, 2.75) is 18.8 Å². The van der Waals surface area contributed by atoms with E-state index in [0.29, 0.717) is 22.9 Å². The van der Waals surface area contributed by atoms with Crippen LogP contribution in [0.3, 0.4) is 0 Å². The van der Waals surface area contributed by atoms with E-state index in [-0.39, 0.29) is 11.8 Å². The van der Waals surface area contributed by atoms with E-state index in [4.69, 9.17) is 4.74 Å². The highest BCUT2D eigenvalue weighted by Crippen LogP contribution is 2.32. The maximum atomic E-state index is 12.0. The van der Waals surface area contributed by atoms with Gasteiger partial charge in [0.1, 0.15) is 5.75 Å². The Morgan fingerprint density at radius 3 is 2.83 bits per heavy atom. The van der Waals surface area contributed by atoms with Gasteiger partial charge >= 0.3 is 0 Å². The zero-order valence-electron chi connectivity index (χ0n) is 13.2. The number of hydrogen-bond donors (Lipinski definition) is 2. The molecule has 6 heteroatoms. The van der Waals surface area contributed by atoms with Crippen LogP contribution in [0.5, 0.6) is 5.75 Å². The number of carbonyl (C=O) groups excluding carboxylic acids is 2. The molecule has 0 aliphatic carbocycles. The molecule has 0 spiro atoms. The van der Waals surface area contributed by atoms with Crippen molar-refractivity contribution >= 4 is 35.0 Å². The molecule has 0 bridgehead atoms. The van der Waals surface area contributed by atoms with Gasteiger partial charge in [-0.3, -0.25) is 9.59 Å². The van der Waals surface area contributed by atoms with Crippen LogP contribution in [0.25, 0.3) is 0 Å². The van der Waals surface area contributed by atoms with Gasteiger partial charge in [0.05, 0.1) is 11.4 Å². The molecule has 0 aromatic heterocycles. The molecule has 2 aromatic carbocycles. The summed E-state index contributed by atoms with van der Waals surface area (Å²) in [5, 5.41) is 5.61. The Morgan fingerprint density at radius 2 is 2.04 bits per heavy atom. The van der Waals surface area contributed by atoms with E-state index in [1.54, 1.807) is 36.9 Å². The van der Waals surface area contributed by atoms with Crippen LogP contribution in [0.15, 0.2) is 48.5 Å². The highest BCUT2D eigenvalue weighted by molar-refractivity contribution is 7.99. The SMILES string of the molecule is C[C@H]1Oc2ccc(NC(=O)CSCc3ccccc3)cc2NC1=O. The van der Waals surface area contributed by atoms with Gasteiger partial charge in [0.2, 0.25) is 5.91 Å². The second kappa shape index (κ2) is 7.40. The minimum absolute atomic E-state index is 0.0766. The first-order valence-corrected chi connectivity index (χ1v) is 8.80. The van der Waals surface area contributed by atoms with Gasteiger partial charge in [-0.2, -0.15) is 0 Å². The molecule has 1 atom stereocenters. The first-order chi connectivity index (χ1) is 11.6. The van der Waals surface area contributed by atoms with Crippen molar-refractivity contribution in [1.82, 2.24) is 0 Å². The van der Waals surface area contributed by atoms with Crippen LogP contribution in [-0.2, 0) is 15.3 Å². The molecule has 1 heterocycles. The molecule has 24 heavy (non-hydrogen) atoms. The number of nitrogens with one attached hydrogen (secondary N) is 2. The highest BCUT2D eigenvalue weighted by atomic mass is 32.2. The quantitative estimate of drug-likeness (QED) is 0.875. The topological polar surface area (TPSA) is 67.4 Å². The Hall–Kier alpha value is -2.47. The summed E-state index contributed by atoms with van der Waals surface area (Å²) in [5.74, 6) is 1.50. The van der Waals surface area contributed by atoms with Crippen molar-refractivity contribution < 1.29 is 14.3 Å². The zero-order chi connectivity index (χ0) is 16.9. The zero-order valence-corrected chi connectivity index (χ0v) is 14.1. The molecule has 3 rings (SSSR count). The van der Waals surface area contributed by atoms with E-state index in [0.717, 1.165) is 5.75 Å². The fraction of sp³-hybridized carbons (Fsp3) is 0.222. The molecule has 124 valence electrons. The largest absolute Gasteiger partial charge is 0.479 e. The number of anilines is 2. The van der Waals surface area contributed by atoms with Crippen molar-refractivity contribution in [2.24, 2.45) is 0 Å². The maximum Gasteiger partial charge on any atom is 0.265 e. The summed E-state index contributed by atoms with van der Waals surface area (Å²) >= 11 is 1.56. The number of amides is 2. The summed E-state index contributed by atoms with van der Waals surface area (Å²) in [4.78, 5) is 23.7. The first kappa shape index (κ1) is 16.4. The Bertz CT molecular complexity index is 749. The molecule has 0 fully saturated rings. The van der Waals surface area contributed by atoms with Gasteiger partial charge in [-0.1, -0.05) is 30.3 Å².